The van der Waals surface area contributed by atoms with Crippen LogP contribution in [0.3, 0.4) is 0 Å². The van der Waals surface area contributed by atoms with Crippen molar-refractivity contribution in [3.63, 3.8) is 0 Å². The molecule has 3 aromatic carbocycles. The van der Waals surface area contributed by atoms with Crippen LogP contribution < -0.4 is 11.1 Å². The fraction of sp³-hybridized carbons (Fsp3) is 0.296. The smallest absolute Gasteiger partial charge is 0.255 e. The Morgan fingerprint density at radius 3 is 2.52 bits per heavy atom. The van der Waals surface area contributed by atoms with E-state index in [-0.39, 0.29) is 12.0 Å². The minimum atomic E-state index is -0.365. The predicted molar refractivity (Wildman–Crippen MR) is 126 cm³/mol. The number of carbonyl (C=O) groups is 1. The van der Waals surface area contributed by atoms with Gasteiger partial charge in [0.2, 0.25) is 0 Å². The standard InChI is InChI=1S/C27H30N2O2/c28-26-18-22(27(31)29-23-11-5-2-6-12-23)17-21-14-20(10-7-13-25(21)26)16-24(30)15-19-8-3-1-4-9-19/h1-6,8-9,11-12,17-18,20,24,30H,7,10,13-16,28H2,(H,29,31)/t20?,24-/m1/s1. The van der Waals surface area contributed by atoms with Crippen LogP contribution in [0, 0.1) is 5.92 Å². The van der Waals surface area contributed by atoms with E-state index >= 15 is 0 Å². The van der Waals surface area contributed by atoms with E-state index in [1.165, 1.54) is 0 Å². The van der Waals surface area contributed by atoms with Crippen LogP contribution >= 0.6 is 0 Å². The molecule has 0 fully saturated rings. The molecule has 1 unspecified atom stereocenters. The van der Waals surface area contributed by atoms with Gasteiger partial charge in [-0.1, -0.05) is 48.5 Å². The molecule has 31 heavy (non-hydrogen) atoms. The van der Waals surface area contributed by atoms with Crippen molar-refractivity contribution in [3.8, 4) is 0 Å². The molecule has 0 saturated heterocycles. The van der Waals surface area contributed by atoms with Gasteiger partial charge in [0, 0.05) is 16.9 Å². The van der Waals surface area contributed by atoms with Gasteiger partial charge in [-0.2, -0.15) is 0 Å². The lowest BCUT2D eigenvalue weighted by atomic mass is 9.89. The maximum atomic E-state index is 12.8. The molecule has 0 saturated carbocycles. The third kappa shape index (κ3) is 5.53. The largest absolute Gasteiger partial charge is 0.398 e. The molecule has 2 atom stereocenters. The van der Waals surface area contributed by atoms with Crippen LogP contribution in [0.1, 0.15) is 46.3 Å². The van der Waals surface area contributed by atoms with Crippen LogP contribution in [0.2, 0.25) is 0 Å². The third-order valence-electron chi connectivity index (χ3n) is 6.14. The number of para-hydroxylation sites is 1. The summed E-state index contributed by atoms with van der Waals surface area (Å²) in [4.78, 5) is 12.8. The van der Waals surface area contributed by atoms with Crippen molar-refractivity contribution >= 4 is 17.3 Å². The zero-order valence-corrected chi connectivity index (χ0v) is 17.8. The molecule has 3 aromatic rings. The molecule has 1 aliphatic carbocycles. The summed E-state index contributed by atoms with van der Waals surface area (Å²) >= 11 is 0. The Bertz CT molecular complexity index is 1020. The second-order valence-corrected chi connectivity index (χ2v) is 8.56. The van der Waals surface area contributed by atoms with Crippen LogP contribution in [-0.2, 0) is 19.3 Å². The molecule has 0 spiro atoms. The lowest BCUT2D eigenvalue weighted by Crippen LogP contribution is -2.18. The number of aliphatic hydroxyl groups excluding tert-OH is 1. The second kappa shape index (κ2) is 9.80. The minimum Gasteiger partial charge on any atom is -0.398 e. The number of amides is 1. The maximum absolute atomic E-state index is 12.8. The molecule has 0 aromatic heterocycles. The van der Waals surface area contributed by atoms with Crippen LogP contribution in [0.15, 0.2) is 72.8 Å². The van der Waals surface area contributed by atoms with E-state index in [1.54, 1.807) is 6.07 Å². The van der Waals surface area contributed by atoms with Gasteiger partial charge in [0.15, 0.2) is 0 Å². The molecule has 1 amide bonds. The van der Waals surface area contributed by atoms with Crippen molar-refractivity contribution in [2.75, 3.05) is 11.1 Å². The van der Waals surface area contributed by atoms with E-state index < -0.39 is 0 Å². The lowest BCUT2D eigenvalue weighted by Gasteiger charge is -2.20. The monoisotopic (exact) mass is 414 g/mol. The number of fused-ring (bicyclic) bond motifs is 1. The Morgan fingerprint density at radius 2 is 1.77 bits per heavy atom. The van der Waals surface area contributed by atoms with Crippen LogP contribution in [-0.4, -0.2) is 17.1 Å². The summed E-state index contributed by atoms with van der Waals surface area (Å²) < 4.78 is 0. The van der Waals surface area contributed by atoms with E-state index in [0.29, 0.717) is 23.6 Å². The number of aliphatic hydroxyl groups is 1. The van der Waals surface area contributed by atoms with Crippen molar-refractivity contribution in [1.82, 2.24) is 0 Å². The van der Waals surface area contributed by atoms with E-state index in [0.717, 1.165) is 54.5 Å². The van der Waals surface area contributed by atoms with Gasteiger partial charge in [-0.15, -0.1) is 0 Å². The molecule has 0 heterocycles. The first kappa shape index (κ1) is 21.1. The van der Waals surface area contributed by atoms with E-state index in [2.05, 4.69) is 17.4 Å². The number of anilines is 2. The van der Waals surface area contributed by atoms with Gasteiger partial charge >= 0.3 is 0 Å². The molecular formula is C27H30N2O2. The van der Waals surface area contributed by atoms with Gasteiger partial charge in [-0.05, 0) is 85.4 Å². The topological polar surface area (TPSA) is 75.4 Å². The number of hydrogen-bond donors (Lipinski definition) is 3. The van der Waals surface area contributed by atoms with Gasteiger partial charge < -0.3 is 16.2 Å². The number of nitrogen functional groups attached to an aromatic ring is 1. The fourth-order valence-corrected chi connectivity index (χ4v) is 4.64. The van der Waals surface area contributed by atoms with Crippen molar-refractivity contribution in [1.29, 1.82) is 0 Å². The lowest BCUT2D eigenvalue weighted by molar-refractivity contribution is 0.102. The second-order valence-electron chi connectivity index (χ2n) is 8.56. The maximum Gasteiger partial charge on any atom is 0.255 e. The number of benzene rings is 3. The molecule has 0 aliphatic heterocycles. The average Bonchev–Trinajstić information content (AvgIpc) is 2.97. The molecule has 0 bridgehead atoms. The minimum absolute atomic E-state index is 0.148. The Labute approximate surface area is 184 Å². The number of nitrogens with one attached hydrogen (secondary N) is 1. The highest BCUT2D eigenvalue weighted by Gasteiger charge is 2.23. The SMILES string of the molecule is Nc1cc(C(=O)Nc2ccccc2)cc2c1CCCC(C[C@H](O)Cc1ccccc1)C2. The summed E-state index contributed by atoms with van der Waals surface area (Å²) in [5, 5.41) is 13.6. The Kier molecular flexibility index (Phi) is 6.68. The third-order valence-corrected chi connectivity index (χ3v) is 6.14. The number of hydrogen-bond acceptors (Lipinski definition) is 3. The van der Waals surface area contributed by atoms with E-state index in [1.807, 2.05) is 54.6 Å². The van der Waals surface area contributed by atoms with Gasteiger partial charge in [0.05, 0.1) is 6.10 Å². The van der Waals surface area contributed by atoms with E-state index in [9.17, 15) is 9.90 Å². The summed E-state index contributed by atoms with van der Waals surface area (Å²) in [6.07, 6.45) is 4.95. The first-order valence-corrected chi connectivity index (χ1v) is 11.1. The number of rotatable bonds is 6. The van der Waals surface area contributed by atoms with Crippen LogP contribution in [0.4, 0.5) is 11.4 Å². The molecule has 160 valence electrons. The predicted octanol–water partition coefficient (Wildman–Crippen LogP) is 5.01. The summed E-state index contributed by atoms with van der Waals surface area (Å²) in [6, 6.07) is 23.4. The van der Waals surface area contributed by atoms with Gasteiger partial charge in [-0.25, -0.2) is 0 Å². The van der Waals surface area contributed by atoms with Gasteiger partial charge in [0.25, 0.3) is 5.91 Å². The molecule has 4 nitrogen and oxygen atoms in total. The molecular weight excluding hydrogens is 384 g/mol. The zero-order chi connectivity index (χ0) is 21.6. The summed E-state index contributed by atoms with van der Waals surface area (Å²) in [6.45, 7) is 0. The summed E-state index contributed by atoms with van der Waals surface area (Å²) in [5.41, 5.74) is 11.9. The van der Waals surface area contributed by atoms with Gasteiger partial charge in [0.1, 0.15) is 0 Å². The Morgan fingerprint density at radius 1 is 1.06 bits per heavy atom. The first-order chi connectivity index (χ1) is 15.1. The van der Waals surface area contributed by atoms with Crippen molar-refractivity contribution in [3.05, 3.63) is 95.1 Å². The van der Waals surface area contributed by atoms with Crippen LogP contribution in [0.5, 0.6) is 0 Å². The van der Waals surface area contributed by atoms with Crippen molar-refractivity contribution in [2.24, 2.45) is 5.92 Å². The highest BCUT2D eigenvalue weighted by atomic mass is 16.3. The molecule has 1 aliphatic rings. The number of carbonyl (C=O) groups excluding carboxylic acids is 1. The Hall–Kier alpha value is -3.11. The normalized spacial score (nSPS) is 16.7. The van der Waals surface area contributed by atoms with Crippen LogP contribution in [0.25, 0.3) is 0 Å². The Balaban J connectivity index is 1.47. The average molecular weight is 415 g/mol. The fourth-order valence-electron chi connectivity index (χ4n) is 4.64. The van der Waals surface area contributed by atoms with Crippen molar-refractivity contribution in [2.45, 2.75) is 44.6 Å². The molecule has 4 N–H and O–H groups in total. The van der Waals surface area contributed by atoms with Crippen molar-refractivity contribution < 1.29 is 9.90 Å². The zero-order valence-electron chi connectivity index (χ0n) is 17.8. The summed E-state index contributed by atoms with van der Waals surface area (Å²) in [7, 11) is 0. The molecule has 4 heteroatoms. The van der Waals surface area contributed by atoms with E-state index in [4.69, 9.17) is 5.73 Å². The molecule has 0 radical (unpaired) electrons. The molecule has 4 rings (SSSR count). The summed E-state index contributed by atoms with van der Waals surface area (Å²) in [5.74, 6) is 0.234. The van der Waals surface area contributed by atoms with Gasteiger partial charge in [-0.3, -0.25) is 4.79 Å². The quantitative estimate of drug-likeness (QED) is 0.392. The highest BCUT2D eigenvalue weighted by molar-refractivity contribution is 6.05. The first-order valence-electron chi connectivity index (χ1n) is 11.1. The number of nitrogens with two attached hydrogens (primary N) is 1. The highest BCUT2D eigenvalue weighted by Crippen LogP contribution is 2.32.